The van der Waals surface area contributed by atoms with Crippen LogP contribution in [0.2, 0.25) is 0 Å². The summed E-state index contributed by atoms with van der Waals surface area (Å²) in [4.78, 5) is 52.4. The molecule has 0 aromatic heterocycles. The summed E-state index contributed by atoms with van der Waals surface area (Å²) in [6.45, 7) is 5.98. The fraction of sp³-hybridized carbons (Fsp3) is 0.852. The van der Waals surface area contributed by atoms with Crippen molar-refractivity contribution in [3.05, 3.63) is 0 Å². The van der Waals surface area contributed by atoms with Crippen LogP contribution in [0.5, 0.6) is 0 Å². The molecule has 0 spiro atoms. The maximum atomic E-state index is 13.5. The summed E-state index contributed by atoms with van der Waals surface area (Å²) in [7, 11) is 0. The van der Waals surface area contributed by atoms with Gasteiger partial charge in [-0.1, -0.05) is 58.8 Å². The Bertz CT molecular complexity index is 691. The van der Waals surface area contributed by atoms with Gasteiger partial charge in [-0.05, 0) is 56.8 Å². The summed E-state index contributed by atoms with van der Waals surface area (Å²) < 4.78 is 0. The molecule has 3 aliphatic rings. The molecule has 186 valence electrons. The molecule has 0 aromatic rings. The lowest BCUT2D eigenvalue weighted by atomic mass is 9.78. The molecule has 6 nitrogen and oxygen atoms in total. The Morgan fingerprint density at radius 1 is 0.788 bits per heavy atom. The molecule has 0 aromatic carbocycles. The van der Waals surface area contributed by atoms with Gasteiger partial charge >= 0.3 is 0 Å². The highest BCUT2D eigenvalue weighted by atomic mass is 16.2. The smallest absolute Gasteiger partial charge is 0.232 e. The topological polar surface area (TPSA) is 83.6 Å². The number of nitrogens with zero attached hydrogens (tertiary/aromatic N) is 1. The summed E-state index contributed by atoms with van der Waals surface area (Å²) in [5.74, 6) is 0.539. The van der Waals surface area contributed by atoms with Gasteiger partial charge in [-0.15, -0.1) is 0 Å². The van der Waals surface area contributed by atoms with E-state index in [0.717, 1.165) is 57.3 Å². The Morgan fingerprint density at radius 3 is 1.88 bits per heavy atom. The molecule has 3 fully saturated rings. The molecule has 1 heterocycles. The van der Waals surface area contributed by atoms with Crippen molar-refractivity contribution in [1.82, 2.24) is 10.2 Å². The first-order valence-corrected chi connectivity index (χ1v) is 13.5. The zero-order valence-corrected chi connectivity index (χ0v) is 20.9. The van der Waals surface area contributed by atoms with E-state index in [1.165, 1.54) is 26.2 Å². The Morgan fingerprint density at radius 2 is 1.30 bits per heavy atom. The summed E-state index contributed by atoms with van der Waals surface area (Å²) in [6.07, 6.45) is 12.8. The van der Waals surface area contributed by atoms with E-state index in [2.05, 4.69) is 19.2 Å². The molecule has 4 amide bonds. The lowest BCUT2D eigenvalue weighted by Crippen LogP contribution is -2.54. The van der Waals surface area contributed by atoms with Crippen molar-refractivity contribution < 1.29 is 19.2 Å². The zero-order chi connectivity index (χ0) is 24.0. The Balaban J connectivity index is 1.68. The standard InChI is InChI=1S/C27H44N2O4/c1-18(2)20-9-4-5-15-24(16-8-10-20)29-26(32)22-13-6-11-21(25(31)28-19(3)30)12-7-14-23(17-22)27(29)33/h18,20-24H,4-17H2,1-3H3,(H,28,30,31). The van der Waals surface area contributed by atoms with Gasteiger partial charge in [0, 0.05) is 30.7 Å². The molecule has 4 unspecified atom stereocenters. The third kappa shape index (κ3) is 6.89. The minimum Gasteiger partial charge on any atom is -0.296 e. The number of hydrogen-bond donors (Lipinski definition) is 1. The molecule has 6 heteroatoms. The van der Waals surface area contributed by atoms with Crippen LogP contribution in [0.15, 0.2) is 0 Å². The first-order chi connectivity index (χ1) is 15.8. The molecule has 0 radical (unpaired) electrons. The minimum absolute atomic E-state index is 0.0335. The molecule has 1 aliphatic heterocycles. The van der Waals surface area contributed by atoms with E-state index in [4.69, 9.17) is 0 Å². The highest BCUT2D eigenvalue weighted by Gasteiger charge is 2.43. The number of amides is 4. The number of rotatable bonds is 3. The molecule has 2 saturated carbocycles. The SMILES string of the molecule is CC(=O)NC(=O)C1CCCC2CC(CCC1)C(=O)N(C1CCCCC(C(C)C)CCC1)C2=O. The van der Waals surface area contributed by atoms with Crippen LogP contribution < -0.4 is 5.32 Å². The highest BCUT2D eigenvalue weighted by Crippen LogP contribution is 2.37. The van der Waals surface area contributed by atoms with Crippen LogP contribution in [0.4, 0.5) is 0 Å². The average molecular weight is 461 g/mol. The van der Waals surface area contributed by atoms with E-state index in [1.54, 1.807) is 4.90 Å². The molecule has 2 aliphatic carbocycles. The van der Waals surface area contributed by atoms with Gasteiger partial charge in [0.15, 0.2) is 0 Å². The Hall–Kier alpha value is -1.72. The van der Waals surface area contributed by atoms with Gasteiger partial charge in [0.1, 0.15) is 0 Å². The van der Waals surface area contributed by atoms with Crippen LogP contribution in [0.25, 0.3) is 0 Å². The second-order valence-electron chi connectivity index (χ2n) is 11.2. The van der Waals surface area contributed by atoms with Gasteiger partial charge in [0.05, 0.1) is 0 Å². The van der Waals surface area contributed by atoms with E-state index in [9.17, 15) is 19.2 Å². The van der Waals surface area contributed by atoms with Crippen molar-refractivity contribution in [2.45, 2.75) is 117 Å². The quantitative estimate of drug-likeness (QED) is 0.601. The lowest BCUT2D eigenvalue weighted by molar-refractivity contribution is -0.160. The van der Waals surface area contributed by atoms with Crippen molar-refractivity contribution >= 4 is 23.6 Å². The number of carbonyl (C=O) groups is 4. The highest BCUT2D eigenvalue weighted by molar-refractivity contribution is 6.00. The van der Waals surface area contributed by atoms with Crippen LogP contribution in [0.1, 0.15) is 111 Å². The average Bonchev–Trinajstić information content (AvgIpc) is 2.87. The second-order valence-corrected chi connectivity index (χ2v) is 11.2. The number of likely N-dealkylation sites (tertiary alicyclic amines) is 1. The zero-order valence-electron chi connectivity index (χ0n) is 20.9. The Kier molecular flexibility index (Phi) is 9.51. The summed E-state index contributed by atoms with van der Waals surface area (Å²) in [5.41, 5.74) is 0. The van der Waals surface area contributed by atoms with Gasteiger partial charge in [-0.25, -0.2) is 0 Å². The first kappa shape index (κ1) is 25.9. The normalized spacial score (nSPS) is 32.5. The van der Waals surface area contributed by atoms with Crippen molar-refractivity contribution in [1.29, 1.82) is 0 Å². The summed E-state index contributed by atoms with van der Waals surface area (Å²) in [5, 5.41) is 2.42. The maximum Gasteiger partial charge on any atom is 0.232 e. The lowest BCUT2D eigenvalue weighted by Gasteiger charge is -2.41. The van der Waals surface area contributed by atoms with E-state index in [0.29, 0.717) is 25.2 Å². The fourth-order valence-electron chi connectivity index (χ4n) is 6.41. The molecule has 33 heavy (non-hydrogen) atoms. The number of fused-ring (bicyclic) bond motifs is 2. The summed E-state index contributed by atoms with van der Waals surface area (Å²) >= 11 is 0. The number of imide groups is 2. The van der Waals surface area contributed by atoms with E-state index >= 15 is 0 Å². The van der Waals surface area contributed by atoms with Crippen molar-refractivity contribution in [2.24, 2.45) is 29.6 Å². The minimum atomic E-state index is -0.329. The third-order valence-corrected chi connectivity index (χ3v) is 8.41. The van der Waals surface area contributed by atoms with Gasteiger partial charge in [-0.3, -0.25) is 29.4 Å². The van der Waals surface area contributed by atoms with E-state index in [-0.39, 0.29) is 47.4 Å². The van der Waals surface area contributed by atoms with Gasteiger partial charge in [0.2, 0.25) is 23.6 Å². The maximum absolute atomic E-state index is 13.5. The number of piperidine rings is 1. The first-order valence-electron chi connectivity index (χ1n) is 13.5. The van der Waals surface area contributed by atoms with Crippen LogP contribution in [0.3, 0.4) is 0 Å². The van der Waals surface area contributed by atoms with Crippen molar-refractivity contribution in [3.63, 3.8) is 0 Å². The molecule has 3 rings (SSSR count). The van der Waals surface area contributed by atoms with Gasteiger partial charge < -0.3 is 0 Å². The predicted molar refractivity (Wildman–Crippen MR) is 128 cm³/mol. The molecular formula is C27H44N2O4. The van der Waals surface area contributed by atoms with Crippen LogP contribution in [0, 0.1) is 29.6 Å². The van der Waals surface area contributed by atoms with Crippen LogP contribution >= 0.6 is 0 Å². The molecule has 2 bridgehead atoms. The number of hydrogen-bond acceptors (Lipinski definition) is 4. The number of nitrogens with one attached hydrogen (secondary N) is 1. The fourth-order valence-corrected chi connectivity index (χ4v) is 6.41. The van der Waals surface area contributed by atoms with E-state index in [1.807, 2.05) is 0 Å². The number of carbonyl (C=O) groups excluding carboxylic acids is 4. The molecule has 4 atom stereocenters. The van der Waals surface area contributed by atoms with Crippen LogP contribution in [-0.2, 0) is 19.2 Å². The molecular weight excluding hydrogens is 416 g/mol. The largest absolute Gasteiger partial charge is 0.296 e. The monoisotopic (exact) mass is 460 g/mol. The Labute approximate surface area is 199 Å². The predicted octanol–water partition coefficient (Wildman–Crippen LogP) is 5.00. The van der Waals surface area contributed by atoms with Gasteiger partial charge in [0.25, 0.3) is 0 Å². The van der Waals surface area contributed by atoms with Gasteiger partial charge in [-0.2, -0.15) is 0 Å². The summed E-state index contributed by atoms with van der Waals surface area (Å²) in [6, 6.07) is 0.0539. The second kappa shape index (κ2) is 12.1. The van der Waals surface area contributed by atoms with Crippen molar-refractivity contribution in [3.8, 4) is 0 Å². The third-order valence-electron chi connectivity index (χ3n) is 8.41. The van der Waals surface area contributed by atoms with Crippen LogP contribution in [-0.4, -0.2) is 34.6 Å². The molecule has 1 saturated heterocycles. The van der Waals surface area contributed by atoms with E-state index < -0.39 is 0 Å². The molecule has 1 N–H and O–H groups in total. The van der Waals surface area contributed by atoms with Crippen molar-refractivity contribution in [2.75, 3.05) is 0 Å².